The molecule has 5 aliphatic heterocycles. The van der Waals surface area contributed by atoms with Crippen LogP contribution in [0.15, 0.2) is 145 Å². The number of likely N-dealkylation sites (tertiary alicyclic amines) is 4. The predicted octanol–water partition coefficient (Wildman–Crippen LogP) is 9.53. The summed E-state index contributed by atoms with van der Waals surface area (Å²) in [5, 5.41) is 10.2. The number of allylic oxidation sites excluding steroid dienone is 1. The summed E-state index contributed by atoms with van der Waals surface area (Å²) in [4.78, 5) is 59.2. The van der Waals surface area contributed by atoms with Gasteiger partial charge in [-0.25, -0.2) is 8.78 Å². The van der Waals surface area contributed by atoms with Crippen molar-refractivity contribution in [3.05, 3.63) is 179 Å². The molecule has 12 nitrogen and oxygen atoms in total. The summed E-state index contributed by atoms with van der Waals surface area (Å²) in [5.74, 6) is 1.09. The number of piperidine rings is 2. The molecule has 0 radical (unpaired) electrons. The molecule has 4 saturated heterocycles. The Hall–Kier alpha value is -7.42. The molecule has 2 unspecified atom stereocenters. The maximum Gasteiger partial charge on any atom is 0.254 e. The molecular formula is C60H66F2N6O6. The van der Waals surface area contributed by atoms with Crippen molar-refractivity contribution >= 4 is 45.2 Å². The van der Waals surface area contributed by atoms with E-state index in [1.54, 1.807) is 42.5 Å². The molecule has 11 rings (SSSR count). The van der Waals surface area contributed by atoms with Crippen LogP contribution >= 0.6 is 0 Å². The third-order valence-electron chi connectivity index (χ3n) is 14.8. The average Bonchev–Trinajstić information content (AvgIpc) is 4.20. The van der Waals surface area contributed by atoms with Crippen LogP contribution in [0.25, 0.3) is 21.5 Å². The van der Waals surface area contributed by atoms with E-state index in [1.165, 1.54) is 23.3 Å². The number of carbonyl (C=O) groups is 4. The van der Waals surface area contributed by atoms with Crippen LogP contribution in [-0.4, -0.2) is 114 Å². The molecule has 0 aromatic heterocycles. The second-order valence-corrected chi connectivity index (χ2v) is 20.1. The standard InChI is InChI=1S/C30H30FN3O4.C30H32FN3O2.2H2/c31-25-5-3-22-13-21(1-2-23(22)15-25)17-33-10-9-26(18-33)32-29(35)14-20-7-11-34(12-8-20)30(36)24-4-6-27-28(16-24)38-19-37-27;31-27-10-9-25-18-23(6-8-26(25)19-27)20-33-15-14-28(21-33)32-29(35)11-7-22-12-16-34(17-13-22)30(36)24-4-2-1-3-5-24;;/h1-6,13-16,26H,7-12,17-19H2,(H,32,35);1-11,18-19,22,28H,12-17,20-21H2,(H,32,35);2*1H/b;11-7+;;. The molecule has 0 aliphatic carbocycles. The van der Waals surface area contributed by atoms with E-state index in [4.69, 9.17) is 9.47 Å². The number of amides is 4. The van der Waals surface area contributed by atoms with Gasteiger partial charge in [-0.3, -0.25) is 29.0 Å². The highest BCUT2D eigenvalue weighted by atomic mass is 19.1. The van der Waals surface area contributed by atoms with Gasteiger partial charge in [-0.2, -0.15) is 0 Å². The number of benzene rings is 6. The van der Waals surface area contributed by atoms with Crippen molar-refractivity contribution in [1.82, 2.24) is 30.2 Å². The lowest BCUT2D eigenvalue weighted by atomic mass is 9.95. The van der Waals surface area contributed by atoms with Gasteiger partial charge in [0.15, 0.2) is 11.5 Å². The van der Waals surface area contributed by atoms with Crippen molar-refractivity contribution in [2.75, 3.05) is 59.2 Å². The lowest BCUT2D eigenvalue weighted by Gasteiger charge is -2.30. The van der Waals surface area contributed by atoms with Crippen molar-refractivity contribution in [2.45, 2.75) is 63.7 Å². The van der Waals surface area contributed by atoms with Crippen LogP contribution in [0.1, 0.15) is 73.2 Å². The number of nitrogens with zero attached hydrogens (tertiary/aromatic N) is 4. The SMILES string of the molecule is O=C(/C=C/C1CCN(C(=O)c2ccccc2)CC1)NC1CCN(Cc2ccc3cc(F)ccc3c2)C1.O=C(C=C1CCN(C(=O)c2ccc3c(c2)OCO3)CC1)NC1CCN(Cc2ccc3cc(F)ccc3c2)C1.[HH].[HH]. The zero-order valence-electron chi connectivity index (χ0n) is 41.5. The van der Waals surface area contributed by atoms with Crippen LogP contribution in [-0.2, 0) is 22.7 Å². The van der Waals surface area contributed by atoms with E-state index < -0.39 is 0 Å². The fourth-order valence-corrected chi connectivity index (χ4v) is 10.7. The Morgan fingerprint density at radius 3 is 1.72 bits per heavy atom. The highest BCUT2D eigenvalue weighted by molar-refractivity contribution is 5.96. The minimum Gasteiger partial charge on any atom is -0.454 e. The third-order valence-corrected chi connectivity index (χ3v) is 14.8. The molecule has 386 valence electrons. The van der Waals surface area contributed by atoms with Gasteiger partial charge in [0.2, 0.25) is 18.6 Å². The maximum atomic E-state index is 13.4. The molecule has 4 fully saturated rings. The summed E-state index contributed by atoms with van der Waals surface area (Å²) in [5.41, 5.74) is 4.76. The molecule has 4 amide bonds. The quantitative estimate of drug-likeness (QED) is 0.123. The molecule has 0 spiro atoms. The Bertz CT molecular complexity index is 3090. The first-order chi connectivity index (χ1) is 36.0. The van der Waals surface area contributed by atoms with E-state index in [1.807, 2.05) is 76.5 Å². The van der Waals surface area contributed by atoms with Gasteiger partial charge in [0, 0.05) is 97.6 Å². The van der Waals surface area contributed by atoms with Crippen molar-refractivity contribution in [3.63, 3.8) is 0 Å². The lowest BCUT2D eigenvalue weighted by molar-refractivity contribution is -0.118. The number of hydrogen-bond donors (Lipinski definition) is 2. The number of ether oxygens (including phenoxy) is 2. The van der Waals surface area contributed by atoms with Crippen molar-refractivity contribution in [3.8, 4) is 11.5 Å². The van der Waals surface area contributed by atoms with Gasteiger partial charge < -0.3 is 29.9 Å². The molecule has 6 aromatic rings. The van der Waals surface area contributed by atoms with Gasteiger partial charge in [0.1, 0.15) is 11.6 Å². The number of carbonyl (C=O) groups excluding carboxylic acids is 4. The lowest BCUT2D eigenvalue weighted by Crippen LogP contribution is -2.38. The van der Waals surface area contributed by atoms with Crippen LogP contribution in [0.3, 0.4) is 0 Å². The summed E-state index contributed by atoms with van der Waals surface area (Å²) in [6.07, 6.45) is 10.3. The van der Waals surface area contributed by atoms with E-state index in [0.717, 1.165) is 97.6 Å². The average molecular weight is 1010 g/mol. The minimum atomic E-state index is -0.223. The summed E-state index contributed by atoms with van der Waals surface area (Å²) < 4.78 is 37.6. The Labute approximate surface area is 433 Å². The zero-order chi connectivity index (χ0) is 51.0. The number of rotatable bonds is 11. The molecular weight excluding hydrogens is 939 g/mol. The fraction of sp³-hybridized carbons (Fsp3) is 0.333. The van der Waals surface area contributed by atoms with Crippen molar-refractivity contribution < 1.29 is 40.3 Å². The Morgan fingerprint density at radius 1 is 0.554 bits per heavy atom. The van der Waals surface area contributed by atoms with E-state index in [-0.39, 0.29) is 57.0 Å². The highest BCUT2D eigenvalue weighted by Gasteiger charge is 2.28. The van der Waals surface area contributed by atoms with Gasteiger partial charge in [0.05, 0.1) is 0 Å². The van der Waals surface area contributed by atoms with Crippen LogP contribution < -0.4 is 20.1 Å². The number of halogens is 2. The van der Waals surface area contributed by atoms with Gasteiger partial charge in [0.25, 0.3) is 11.8 Å². The van der Waals surface area contributed by atoms with Gasteiger partial charge in [-0.15, -0.1) is 0 Å². The van der Waals surface area contributed by atoms with Crippen LogP contribution in [0.4, 0.5) is 8.78 Å². The van der Waals surface area contributed by atoms with Gasteiger partial charge in [-0.1, -0.05) is 66.2 Å². The molecule has 2 N–H and O–H groups in total. The Morgan fingerprint density at radius 2 is 1.09 bits per heavy atom. The monoisotopic (exact) mass is 1000 g/mol. The Kier molecular flexibility index (Phi) is 15.7. The molecule has 6 aromatic carbocycles. The molecule has 5 aliphatic rings. The zero-order valence-corrected chi connectivity index (χ0v) is 41.5. The van der Waals surface area contributed by atoms with Crippen LogP contribution in [0, 0.1) is 17.6 Å². The Balaban J connectivity index is 0.000000197. The molecule has 2 atom stereocenters. The normalized spacial score (nSPS) is 19.2. The number of nitrogens with one attached hydrogen (secondary N) is 2. The van der Waals surface area contributed by atoms with Gasteiger partial charge in [-0.05, 0) is 150 Å². The third kappa shape index (κ3) is 12.8. The van der Waals surface area contributed by atoms with Crippen molar-refractivity contribution in [1.29, 1.82) is 0 Å². The topological polar surface area (TPSA) is 124 Å². The molecule has 14 heteroatoms. The minimum absolute atomic E-state index is 0. The van der Waals surface area contributed by atoms with E-state index in [9.17, 15) is 28.0 Å². The van der Waals surface area contributed by atoms with E-state index in [2.05, 4.69) is 38.6 Å². The summed E-state index contributed by atoms with van der Waals surface area (Å²) in [7, 11) is 0. The number of hydrogen-bond acceptors (Lipinski definition) is 8. The second-order valence-electron chi connectivity index (χ2n) is 20.1. The smallest absolute Gasteiger partial charge is 0.254 e. The first kappa shape index (κ1) is 50.1. The van der Waals surface area contributed by atoms with Gasteiger partial charge >= 0.3 is 0 Å². The maximum absolute atomic E-state index is 13.4. The summed E-state index contributed by atoms with van der Waals surface area (Å²) in [6.45, 7) is 7.86. The molecule has 0 saturated carbocycles. The summed E-state index contributed by atoms with van der Waals surface area (Å²) in [6, 6.07) is 36.9. The molecule has 5 heterocycles. The fourth-order valence-electron chi connectivity index (χ4n) is 10.7. The first-order valence-electron chi connectivity index (χ1n) is 25.9. The largest absolute Gasteiger partial charge is 0.454 e. The van der Waals surface area contributed by atoms with Crippen molar-refractivity contribution in [2.24, 2.45) is 5.92 Å². The van der Waals surface area contributed by atoms with E-state index in [0.29, 0.717) is 62.0 Å². The number of fused-ring (bicyclic) bond motifs is 3. The second kappa shape index (κ2) is 23.2. The predicted molar refractivity (Wildman–Crippen MR) is 286 cm³/mol. The van der Waals surface area contributed by atoms with Crippen LogP contribution in [0.2, 0.25) is 0 Å². The highest BCUT2D eigenvalue weighted by Crippen LogP contribution is 2.33. The summed E-state index contributed by atoms with van der Waals surface area (Å²) >= 11 is 0. The molecule has 74 heavy (non-hydrogen) atoms. The molecule has 0 bridgehead atoms. The first-order valence-corrected chi connectivity index (χ1v) is 25.9. The van der Waals surface area contributed by atoms with E-state index >= 15 is 0 Å². The van der Waals surface area contributed by atoms with Crippen LogP contribution in [0.5, 0.6) is 11.5 Å².